The lowest BCUT2D eigenvalue weighted by molar-refractivity contribution is 0.481. The molecule has 1 N–H and O–H groups in total. The summed E-state index contributed by atoms with van der Waals surface area (Å²) in [5.74, 6) is 0.363. The molecular formula is C10H18N2O2S. The van der Waals surface area contributed by atoms with Gasteiger partial charge in [0.1, 0.15) is 0 Å². The molecule has 1 aliphatic rings. The predicted octanol–water partition coefficient (Wildman–Crippen LogP) is 1.40. The lowest BCUT2D eigenvalue weighted by Gasteiger charge is -2.08. The Kier molecular flexibility index (Phi) is 5.06. The minimum Gasteiger partial charge on any atom is -0.214 e. The molecule has 15 heavy (non-hydrogen) atoms. The average molecular weight is 230 g/mol. The molecule has 1 rings (SSSR count). The maximum atomic E-state index is 11.1. The van der Waals surface area contributed by atoms with Gasteiger partial charge >= 0.3 is 0 Å². The predicted molar refractivity (Wildman–Crippen MR) is 58.6 cm³/mol. The summed E-state index contributed by atoms with van der Waals surface area (Å²) in [7, 11) is -3.34. The third-order valence-corrected chi connectivity index (χ3v) is 3.99. The van der Waals surface area contributed by atoms with Gasteiger partial charge in [-0.1, -0.05) is 25.7 Å². The Bertz CT molecular complexity index is 313. The van der Waals surface area contributed by atoms with Crippen LogP contribution in [0.4, 0.5) is 0 Å². The van der Waals surface area contributed by atoms with E-state index in [4.69, 9.17) is 5.26 Å². The van der Waals surface area contributed by atoms with Crippen LogP contribution in [-0.2, 0) is 10.0 Å². The van der Waals surface area contributed by atoms with Crippen LogP contribution in [0.5, 0.6) is 0 Å². The molecule has 0 atom stereocenters. The van der Waals surface area contributed by atoms with Gasteiger partial charge in [0.2, 0.25) is 10.0 Å². The van der Waals surface area contributed by atoms with Gasteiger partial charge < -0.3 is 0 Å². The molecule has 0 amide bonds. The Balaban J connectivity index is 2.08. The SMILES string of the molecule is N#CCS(=O)(=O)NCCCC1CCCC1. The van der Waals surface area contributed by atoms with E-state index in [9.17, 15) is 8.42 Å². The first-order valence-corrected chi connectivity index (χ1v) is 7.13. The van der Waals surface area contributed by atoms with Crippen LogP contribution in [0.15, 0.2) is 0 Å². The first-order valence-electron chi connectivity index (χ1n) is 5.48. The summed E-state index contributed by atoms with van der Waals surface area (Å²) in [4.78, 5) is 0. The Morgan fingerprint density at radius 3 is 2.60 bits per heavy atom. The Labute approximate surface area is 91.7 Å². The van der Waals surface area contributed by atoms with Crippen molar-refractivity contribution >= 4 is 10.0 Å². The van der Waals surface area contributed by atoms with Crippen LogP contribution < -0.4 is 4.72 Å². The Hall–Kier alpha value is -0.600. The van der Waals surface area contributed by atoms with Gasteiger partial charge in [-0.15, -0.1) is 0 Å². The van der Waals surface area contributed by atoms with Gasteiger partial charge in [-0.05, 0) is 18.8 Å². The number of rotatable bonds is 6. The van der Waals surface area contributed by atoms with Crippen LogP contribution >= 0.6 is 0 Å². The number of nitriles is 1. The lowest BCUT2D eigenvalue weighted by atomic mass is 10.0. The maximum Gasteiger partial charge on any atom is 0.225 e. The molecular weight excluding hydrogens is 212 g/mol. The van der Waals surface area contributed by atoms with Crippen LogP contribution in [0.3, 0.4) is 0 Å². The van der Waals surface area contributed by atoms with Gasteiger partial charge in [0.05, 0.1) is 6.07 Å². The zero-order chi connectivity index (χ0) is 11.1. The van der Waals surface area contributed by atoms with Crippen molar-refractivity contribution in [3.05, 3.63) is 0 Å². The molecule has 1 aliphatic carbocycles. The van der Waals surface area contributed by atoms with Gasteiger partial charge in [-0.25, -0.2) is 13.1 Å². The van der Waals surface area contributed by atoms with Crippen molar-refractivity contribution in [1.82, 2.24) is 4.72 Å². The summed E-state index contributed by atoms with van der Waals surface area (Å²) < 4.78 is 24.6. The van der Waals surface area contributed by atoms with Gasteiger partial charge in [0.25, 0.3) is 0 Å². The standard InChI is InChI=1S/C10H18N2O2S/c11-7-9-15(13,14)12-8-3-6-10-4-1-2-5-10/h10,12H,1-6,8-9H2. The summed E-state index contributed by atoms with van der Waals surface area (Å²) in [5.41, 5.74) is 0. The molecule has 86 valence electrons. The first-order chi connectivity index (χ1) is 7.14. The largest absolute Gasteiger partial charge is 0.225 e. The van der Waals surface area contributed by atoms with E-state index in [-0.39, 0.29) is 0 Å². The van der Waals surface area contributed by atoms with E-state index in [0.717, 1.165) is 18.8 Å². The van der Waals surface area contributed by atoms with E-state index in [1.165, 1.54) is 25.7 Å². The number of hydrogen-bond donors (Lipinski definition) is 1. The van der Waals surface area contributed by atoms with Crippen LogP contribution in [0, 0.1) is 17.2 Å². The minimum absolute atomic E-state index is 0.434. The zero-order valence-electron chi connectivity index (χ0n) is 8.91. The molecule has 0 aromatic rings. The number of nitrogens with zero attached hydrogens (tertiary/aromatic N) is 1. The van der Waals surface area contributed by atoms with E-state index in [1.54, 1.807) is 6.07 Å². The summed E-state index contributed by atoms with van der Waals surface area (Å²) in [6, 6.07) is 1.64. The number of nitrogens with one attached hydrogen (secondary N) is 1. The van der Waals surface area contributed by atoms with E-state index >= 15 is 0 Å². The normalized spacial score (nSPS) is 17.8. The molecule has 0 radical (unpaired) electrons. The highest BCUT2D eigenvalue weighted by molar-refractivity contribution is 7.89. The second-order valence-electron chi connectivity index (χ2n) is 4.10. The molecule has 5 heteroatoms. The topological polar surface area (TPSA) is 70.0 Å². The first kappa shape index (κ1) is 12.5. The number of hydrogen-bond acceptors (Lipinski definition) is 3. The molecule has 0 aliphatic heterocycles. The smallest absolute Gasteiger partial charge is 0.214 e. The molecule has 0 heterocycles. The van der Waals surface area contributed by atoms with Crippen molar-refractivity contribution in [1.29, 1.82) is 5.26 Å². The molecule has 4 nitrogen and oxygen atoms in total. The quantitative estimate of drug-likeness (QED) is 0.701. The molecule has 0 aromatic heterocycles. The monoisotopic (exact) mass is 230 g/mol. The van der Waals surface area contributed by atoms with Crippen molar-refractivity contribution in [3.8, 4) is 6.07 Å². The minimum atomic E-state index is -3.34. The summed E-state index contributed by atoms with van der Waals surface area (Å²) in [6.45, 7) is 0.473. The Morgan fingerprint density at radius 1 is 1.33 bits per heavy atom. The maximum absolute atomic E-state index is 11.1. The van der Waals surface area contributed by atoms with Crippen LogP contribution in [0.25, 0.3) is 0 Å². The number of sulfonamides is 1. The highest BCUT2D eigenvalue weighted by Crippen LogP contribution is 2.28. The second kappa shape index (κ2) is 6.09. The van der Waals surface area contributed by atoms with Crippen LogP contribution in [-0.4, -0.2) is 20.7 Å². The molecule has 0 saturated heterocycles. The third-order valence-electron chi connectivity index (χ3n) is 2.84. The van der Waals surface area contributed by atoms with Gasteiger partial charge in [-0.2, -0.15) is 5.26 Å². The highest BCUT2D eigenvalue weighted by atomic mass is 32.2. The lowest BCUT2D eigenvalue weighted by Crippen LogP contribution is -2.27. The third kappa shape index (κ3) is 5.14. The molecule has 0 bridgehead atoms. The van der Waals surface area contributed by atoms with Crippen molar-refractivity contribution in [2.24, 2.45) is 5.92 Å². The fourth-order valence-corrected chi connectivity index (χ4v) is 2.78. The van der Waals surface area contributed by atoms with Crippen molar-refractivity contribution < 1.29 is 8.42 Å². The van der Waals surface area contributed by atoms with E-state index in [2.05, 4.69) is 4.72 Å². The summed E-state index contributed by atoms with van der Waals surface area (Å²) in [5, 5.41) is 8.26. The van der Waals surface area contributed by atoms with E-state index in [1.807, 2.05) is 0 Å². The van der Waals surface area contributed by atoms with Crippen molar-refractivity contribution in [3.63, 3.8) is 0 Å². The Morgan fingerprint density at radius 2 is 2.00 bits per heavy atom. The van der Waals surface area contributed by atoms with Crippen LogP contribution in [0.1, 0.15) is 38.5 Å². The van der Waals surface area contributed by atoms with Crippen LogP contribution in [0.2, 0.25) is 0 Å². The van der Waals surface area contributed by atoms with E-state index < -0.39 is 15.8 Å². The van der Waals surface area contributed by atoms with Crippen molar-refractivity contribution in [2.75, 3.05) is 12.3 Å². The molecule has 0 aromatic carbocycles. The zero-order valence-corrected chi connectivity index (χ0v) is 9.72. The summed E-state index contributed by atoms with van der Waals surface area (Å²) >= 11 is 0. The van der Waals surface area contributed by atoms with E-state index in [0.29, 0.717) is 6.54 Å². The van der Waals surface area contributed by atoms with Gasteiger partial charge in [0, 0.05) is 6.54 Å². The molecule has 0 unspecified atom stereocenters. The molecule has 0 spiro atoms. The van der Waals surface area contributed by atoms with Gasteiger partial charge in [0.15, 0.2) is 5.75 Å². The molecule has 1 fully saturated rings. The fraction of sp³-hybridized carbons (Fsp3) is 0.900. The fourth-order valence-electron chi connectivity index (χ4n) is 2.05. The summed E-state index contributed by atoms with van der Waals surface area (Å²) in [6.07, 6.45) is 7.23. The molecule has 1 saturated carbocycles. The second-order valence-corrected chi connectivity index (χ2v) is 5.91. The van der Waals surface area contributed by atoms with Gasteiger partial charge in [-0.3, -0.25) is 0 Å². The van der Waals surface area contributed by atoms with Crippen molar-refractivity contribution in [2.45, 2.75) is 38.5 Å². The highest BCUT2D eigenvalue weighted by Gasteiger charge is 2.14. The average Bonchev–Trinajstić information content (AvgIpc) is 2.65.